The summed E-state index contributed by atoms with van der Waals surface area (Å²) in [5, 5.41) is 5.22. The lowest BCUT2D eigenvalue weighted by molar-refractivity contribution is -0.141. The maximum Gasteiger partial charge on any atom is 0.325 e. The van der Waals surface area contributed by atoms with Gasteiger partial charge in [0.15, 0.2) is 4.80 Å². The van der Waals surface area contributed by atoms with Gasteiger partial charge in [-0.15, -0.1) is 0 Å². The molecule has 8 nitrogen and oxygen atoms in total. The van der Waals surface area contributed by atoms with E-state index in [0.29, 0.717) is 15.8 Å². The number of rotatable bonds is 5. The quantitative estimate of drug-likeness (QED) is 0.439. The van der Waals surface area contributed by atoms with Gasteiger partial charge < -0.3 is 9.30 Å². The smallest absolute Gasteiger partial charge is 0.325 e. The molecule has 0 aliphatic heterocycles. The van der Waals surface area contributed by atoms with Crippen LogP contribution in [-0.2, 0) is 26.1 Å². The number of hydrogen-bond donors (Lipinski definition) is 1. The molecule has 4 rings (SSSR count). The van der Waals surface area contributed by atoms with Crippen LogP contribution in [0.1, 0.15) is 10.4 Å². The Kier molecular flexibility index (Phi) is 6.23. The molecule has 0 saturated carbocycles. The fourth-order valence-electron chi connectivity index (χ4n) is 3.25. The van der Waals surface area contributed by atoms with Crippen molar-refractivity contribution in [1.29, 1.82) is 0 Å². The average molecular weight is 482 g/mol. The number of thiazole rings is 1. The monoisotopic (exact) mass is 481 g/mol. The van der Waals surface area contributed by atoms with Gasteiger partial charge in [-0.25, -0.2) is 13.6 Å². The fraction of sp³-hybridized carbons (Fsp3) is 0.0870. The topological polar surface area (TPSA) is 121 Å². The Bertz CT molecular complexity index is 1520. The minimum Gasteiger partial charge on any atom is -0.468 e. The van der Waals surface area contributed by atoms with Gasteiger partial charge in [-0.05, 0) is 41.5 Å². The third kappa shape index (κ3) is 4.92. The van der Waals surface area contributed by atoms with E-state index in [2.05, 4.69) is 4.99 Å². The van der Waals surface area contributed by atoms with Gasteiger partial charge in [0, 0.05) is 5.56 Å². The first-order valence-corrected chi connectivity index (χ1v) is 12.1. The van der Waals surface area contributed by atoms with E-state index in [1.807, 2.05) is 42.5 Å². The van der Waals surface area contributed by atoms with E-state index in [9.17, 15) is 18.0 Å². The Hall–Kier alpha value is -3.60. The number of ether oxygens (including phenoxy) is 1. The summed E-state index contributed by atoms with van der Waals surface area (Å²) in [4.78, 5) is 29.2. The molecule has 1 aromatic heterocycles. The Morgan fingerprint density at radius 1 is 1.00 bits per heavy atom. The van der Waals surface area contributed by atoms with Crippen LogP contribution in [0.4, 0.5) is 0 Å². The van der Waals surface area contributed by atoms with Gasteiger partial charge in [0.2, 0.25) is 10.0 Å². The Morgan fingerprint density at radius 3 is 2.30 bits per heavy atom. The molecule has 168 valence electrons. The summed E-state index contributed by atoms with van der Waals surface area (Å²) in [5.74, 6) is -1.03. The van der Waals surface area contributed by atoms with Crippen LogP contribution < -0.4 is 9.94 Å². The highest BCUT2D eigenvalue weighted by Crippen LogP contribution is 2.22. The Balaban J connectivity index is 1.76. The third-order valence-corrected chi connectivity index (χ3v) is 6.89. The van der Waals surface area contributed by atoms with Gasteiger partial charge in [-0.1, -0.05) is 53.8 Å². The first-order chi connectivity index (χ1) is 15.8. The van der Waals surface area contributed by atoms with Crippen molar-refractivity contribution in [3.05, 3.63) is 83.2 Å². The molecule has 0 saturated heterocycles. The predicted molar refractivity (Wildman–Crippen MR) is 125 cm³/mol. The zero-order valence-electron chi connectivity index (χ0n) is 17.5. The van der Waals surface area contributed by atoms with E-state index in [-0.39, 0.29) is 16.2 Å². The molecule has 0 spiro atoms. The number of hydrogen-bond acceptors (Lipinski definition) is 6. The molecule has 0 aliphatic carbocycles. The van der Waals surface area contributed by atoms with Crippen LogP contribution >= 0.6 is 11.3 Å². The molecule has 0 unspecified atom stereocenters. The van der Waals surface area contributed by atoms with E-state index in [4.69, 9.17) is 9.88 Å². The van der Waals surface area contributed by atoms with Crippen molar-refractivity contribution >= 4 is 43.5 Å². The largest absolute Gasteiger partial charge is 0.468 e. The van der Waals surface area contributed by atoms with Crippen molar-refractivity contribution < 1.29 is 22.7 Å². The summed E-state index contributed by atoms with van der Waals surface area (Å²) in [6, 6.07) is 21.1. The number of carbonyl (C=O) groups is 2. The number of benzene rings is 3. The van der Waals surface area contributed by atoms with Gasteiger partial charge >= 0.3 is 5.97 Å². The van der Waals surface area contributed by atoms with Crippen molar-refractivity contribution in [3.63, 3.8) is 0 Å². The van der Waals surface area contributed by atoms with Gasteiger partial charge in [0.05, 0.1) is 22.2 Å². The second-order valence-electron chi connectivity index (χ2n) is 7.08. The number of fused-ring (bicyclic) bond motifs is 1. The van der Waals surface area contributed by atoms with Crippen LogP contribution in [-0.4, -0.2) is 32.0 Å². The summed E-state index contributed by atoms with van der Waals surface area (Å²) in [6.07, 6.45) is 0. The zero-order chi connectivity index (χ0) is 23.6. The zero-order valence-corrected chi connectivity index (χ0v) is 19.1. The van der Waals surface area contributed by atoms with E-state index >= 15 is 0 Å². The molecule has 4 aromatic rings. The maximum absolute atomic E-state index is 12.9. The normalized spacial score (nSPS) is 12.1. The maximum atomic E-state index is 12.9. The molecular formula is C23H19N3O5S2. The number of carbonyl (C=O) groups excluding carboxylic acids is 2. The highest BCUT2D eigenvalue weighted by molar-refractivity contribution is 7.89. The molecule has 0 fully saturated rings. The summed E-state index contributed by atoms with van der Waals surface area (Å²) in [5.41, 5.74) is 2.90. The van der Waals surface area contributed by atoms with Crippen LogP contribution in [0.3, 0.4) is 0 Å². The van der Waals surface area contributed by atoms with Gasteiger partial charge in [-0.3, -0.25) is 9.59 Å². The highest BCUT2D eigenvalue weighted by atomic mass is 32.2. The molecule has 3 aromatic carbocycles. The van der Waals surface area contributed by atoms with Crippen molar-refractivity contribution in [2.24, 2.45) is 10.1 Å². The van der Waals surface area contributed by atoms with Crippen LogP contribution in [0, 0.1) is 0 Å². The number of sulfonamides is 1. The van der Waals surface area contributed by atoms with Crippen molar-refractivity contribution in [1.82, 2.24) is 4.57 Å². The van der Waals surface area contributed by atoms with E-state index in [0.717, 1.165) is 22.5 Å². The Morgan fingerprint density at radius 2 is 1.67 bits per heavy atom. The minimum atomic E-state index is -3.91. The molecule has 1 heterocycles. The number of nitrogens with two attached hydrogens (primary N) is 1. The molecule has 2 N–H and O–H groups in total. The summed E-state index contributed by atoms with van der Waals surface area (Å²) < 4.78 is 30.2. The summed E-state index contributed by atoms with van der Waals surface area (Å²) in [6.45, 7) is -0.190. The predicted octanol–water partition coefficient (Wildman–Crippen LogP) is 2.93. The van der Waals surface area contributed by atoms with Crippen LogP contribution in [0.5, 0.6) is 0 Å². The fourth-order valence-corrected chi connectivity index (χ4v) is 4.93. The third-order valence-electron chi connectivity index (χ3n) is 4.93. The highest BCUT2D eigenvalue weighted by Gasteiger charge is 2.15. The molecule has 10 heteroatoms. The lowest BCUT2D eigenvalue weighted by Crippen LogP contribution is -2.22. The molecule has 0 radical (unpaired) electrons. The van der Waals surface area contributed by atoms with Crippen molar-refractivity contribution in [3.8, 4) is 11.1 Å². The Labute approximate surface area is 193 Å². The van der Waals surface area contributed by atoms with E-state index in [1.54, 1.807) is 12.1 Å². The van der Waals surface area contributed by atoms with Crippen LogP contribution in [0.2, 0.25) is 0 Å². The minimum absolute atomic E-state index is 0.0733. The number of primary sulfonamides is 1. The first kappa shape index (κ1) is 22.6. The number of aromatic nitrogens is 1. The lowest BCUT2D eigenvalue weighted by atomic mass is 10.0. The van der Waals surface area contributed by atoms with Crippen molar-refractivity contribution in [2.75, 3.05) is 7.11 Å². The number of esters is 1. The van der Waals surface area contributed by atoms with Crippen LogP contribution in [0.25, 0.3) is 21.3 Å². The van der Waals surface area contributed by atoms with Gasteiger partial charge in [-0.2, -0.15) is 4.99 Å². The summed E-state index contributed by atoms with van der Waals surface area (Å²) >= 11 is 1.08. The first-order valence-electron chi connectivity index (χ1n) is 9.74. The molecule has 0 atom stereocenters. The van der Waals surface area contributed by atoms with Gasteiger partial charge in [0.1, 0.15) is 6.54 Å². The average Bonchev–Trinajstić information content (AvgIpc) is 3.15. The number of nitrogens with zero attached hydrogens (tertiary/aromatic N) is 2. The molecule has 0 bridgehead atoms. The molecular weight excluding hydrogens is 462 g/mol. The van der Waals surface area contributed by atoms with Gasteiger partial charge in [0.25, 0.3) is 5.91 Å². The number of amides is 1. The van der Waals surface area contributed by atoms with E-state index < -0.39 is 21.9 Å². The second kappa shape index (κ2) is 9.10. The standard InChI is InChI=1S/C23H19N3O5S2/c1-31-21(27)14-26-19-12-11-18(33(24,29)30)13-20(19)32-23(26)25-22(28)17-9-7-16(8-10-17)15-5-3-2-4-6-15/h2-13H,14H2,1H3,(H2,24,29,30). The summed E-state index contributed by atoms with van der Waals surface area (Å²) in [7, 11) is -2.65. The molecule has 0 aliphatic rings. The lowest BCUT2D eigenvalue weighted by Gasteiger charge is -2.04. The SMILES string of the molecule is COC(=O)Cn1c(=NC(=O)c2ccc(-c3ccccc3)cc2)sc2cc(S(N)(=O)=O)ccc21. The van der Waals surface area contributed by atoms with Crippen LogP contribution in [0.15, 0.2) is 82.7 Å². The van der Waals surface area contributed by atoms with Crippen molar-refractivity contribution in [2.45, 2.75) is 11.4 Å². The second-order valence-corrected chi connectivity index (χ2v) is 9.65. The molecule has 33 heavy (non-hydrogen) atoms. The van der Waals surface area contributed by atoms with E-state index in [1.165, 1.54) is 29.9 Å². The molecule has 1 amide bonds. The number of methoxy groups -OCH3 is 1.